The predicted octanol–water partition coefficient (Wildman–Crippen LogP) is 2.70. The summed E-state index contributed by atoms with van der Waals surface area (Å²) in [7, 11) is 0. The second-order valence-electron chi connectivity index (χ2n) is 4.59. The van der Waals surface area contributed by atoms with Crippen molar-refractivity contribution in [2.75, 3.05) is 0 Å². The third-order valence-corrected chi connectivity index (χ3v) is 4.11. The second kappa shape index (κ2) is 4.31. The van der Waals surface area contributed by atoms with E-state index in [0.717, 1.165) is 5.01 Å². The smallest absolute Gasteiger partial charge is 0.309 e. The van der Waals surface area contributed by atoms with Crippen LogP contribution < -0.4 is 0 Å². The topological polar surface area (TPSA) is 50.2 Å². The molecule has 15 heavy (non-hydrogen) atoms. The van der Waals surface area contributed by atoms with Gasteiger partial charge in [-0.2, -0.15) is 0 Å². The lowest BCUT2D eigenvalue weighted by molar-refractivity contribution is -0.136. The summed E-state index contributed by atoms with van der Waals surface area (Å²) < 4.78 is 0. The average molecular weight is 227 g/mol. The SMILES string of the molecule is CC(C)C(C)(C)c1nc(CC(=O)O)cs1. The van der Waals surface area contributed by atoms with Crippen LogP contribution in [-0.2, 0) is 16.6 Å². The van der Waals surface area contributed by atoms with Gasteiger partial charge >= 0.3 is 5.97 Å². The average Bonchev–Trinajstić information content (AvgIpc) is 2.51. The maximum Gasteiger partial charge on any atom is 0.309 e. The van der Waals surface area contributed by atoms with E-state index in [-0.39, 0.29) is 11.8 Å². The molecule has 0 aliphatic heterocycles. The van der Waals surface area contributed by atoms with Gasteiger partial charge in [-0.1, -0.05) is 27.7 Å². The molecule has 1 N–H and O–H groups in total. The van der Waals surface area contributed by atoms with E-state index in [0.29, 0.717) is 11.6 Å². The summed E-state index contributed by atoms with van der Waals surface area (Å²) in [5.41, 5.74) is 0.678. The number of thiazole rings is 1. The summed E-state index contributed by atoms with van der Waals surface area (Å²) in [5.74, 6) is -0.337. The molecule has 0 aromatic carbocycles. The molecular formula is C11H17NO2S. The van der Waals surface area contributed by atoms with Crippen LogP contribution in [0.4, 0.5) is 0 Å². The molecule has 0 aliphatic rings. The normalized spacial score (nSPS) is 12.1. The summed E-state index contributed by atoms with van der Waals surface area (Å²) in [4.78, 5) is 14.9. The third-order valence-electron chi connectivity index (χ3n) is 2.88. The fourth-order valence-electron chi connectivity index (χ4n) is 1.09. The van der Waals surface area contributed by atoms with Crippen molar-refractivity contribution in [3.05, 3.63) is 16.1 Å². The van der Waals surface area contributed by atoms with Crippen LogP contribution in [0.3, 0.4) is 0 Å². The van der Waals surface area contributed by atoms with Crippen molar-refractivity contribution >= 4 is 17.3 Å². The Morgan fingerprint density at radius 1 is 1.60 bits per heavy atom. The zero-order valence-corrected chi connectivity index (χ0v) is 10.4. The highest BCUT2D eigenvalue weighted by Gasteiger charge is 2.28. The van der Waals surface area contributed by atoms with E-state index in [9.17, 15) is 4.79 Å². The molecule has 84 valence electrons. The molecule has 1 heterocycles. The minimum absolute atomic E-state index is 0.0153. The van der Waals surface area contributed by atoms with E-state index < -0.39 is 5.97 Å². The lowest BCUT2D eigenvalue weighted by Crippen LogP contribution is -2.24. The molecule has 0 bridgehead atoms. The molecular weight excluding hydrogens is 210 g/mol. The Morgan fingerprint density at radius 2 is 2.20 bits per heavy atom. The number of hydrogen-bond acceptors (Lipinski definition) is 3. The van der Waals surface area contributed by atoms with E-state index >= 15 is 0 Å². The van der Waals surface area contributed by atoms with E-state index in [2.05, 4.69) is 32.7 Å². The molecule has 0 unspecified atom stereocenters. The van der Waals surface area contributed by atoms with Crippen LogP contribution in [0.2, 0.25) is 0 Å². The Labute approximate surface area is 94.2 Å². The van der Waals surface area contributed by atoms with Crippen LogP contribution in [0.25, 0.3) is 0 Å². The monoisotopic (exact) mass is 227 g/mol. The van der Waals surface area contributed by atoms with Crippen LogP contribution in [-0.4, -0.2) is 16.1 Å². The van der Waals surface area contributed by atoms with Crippen molar-refractivity contribution < 1.29 is 9.90 Å². The molecule has 0 fully saturated rings. The van der Waals surface area contributed by atoms with E-state index in [1.54, 1.807) is 11.3 Å². The maximum atomic E-state index is 10.5. The van der Waals surface area contributed by atoms with Crippen molar-refractivity contribution in [3.63, 3.8) is 0 Å². The first kappa shape index (κ1) is 12.2. The first-order chi connectivity index (χ1) is 6.84. The maximum absolute atomic E-state index is 10.5. The predicted molar refractivity (Wildman–Crippen MR) is 61.3 cm³/mol. The van der Waals surface area contributed by atoms with Crippen molar-refractivity contribution in [2.45, 2.75) is 39.5 Å². The van der Waals surface area contributed by atoms with Gasteiger partial charge < -0.3 is 5.11 Å². The molecule has 1 rings (SSSR count). The summed E-state index contributed by atoms with van der Waals surface area (Å²) >= 11 is 1.55. The number of carboxylic acid groups (broad SMARTS) is 1. The van der Waals surface area contributed by atoms with Gasteiger partial charge in [-0.15, -0.1) is 11.3 Å². The molecule has 0 saturated carbocycles. The number of aromatic nitrogens is 1. The van der Waals surface area contributed by atoms with Gasteiger partial charge in [0, 0.05) is 10.8 Å². The summed E-state index contributed by atoms with van der Waals surface area (Å²) in [6, 6.07) is 0. The minimum atomic E-state index is -0.825. The number of carbonyl (C=O) groups is 1. The van der Waals surface area contributed by atoms with E-state index in [4.69, 9.17) is 5.11 Å². The largest absolute Gasteiger partial charge is 0.481 e. The number of rotatable bonds is 4. The lowest BCUT2D eigenvalue weighted by Gasteiger charge is -2.26. The number of carboxylic acids is 1. The Kier molecular flexibility index (Phi) is 3.50. The van der Waals surface area contributed by atoms with Crippen LogP contribution in [0.5, 0.6) is 0 Å². The number of nitrogens with zero attached hydrogens (tertiary/aromatic N) is 1. The van der Waals surface area contributed by atoms with Gasteiger partial charge in [0.2, 0.25) is 0 Å². The van der Waals surface area contributed by atoms with Crippen LogP contribution >= 0.6 is 11.3 Å². The van der Waals surface area contributed by atoms with Gasteiger partial charge in [-0.25, -0.2) is 4.98 Å². The van der Waals surface area contributed by atoms with Crippen molar-refractivity contribution in [3.8, 4) is 0 Å². The molecule has 0 amide bonds. The second-order valence-corrected chi connectivity index (χ2v) is 5.45. The molecule has 1 aromatic heterocycles. The zero-order chi connectivity index (χ0) is 11.6. The number of aliphatic carboxylic acids is 1. The fourth-order valence-corrected chi connectivity index (χ4v) is 2.18. The van der Waals surface area contributed by atoms with Crippen molar-refractivity contribution in [2.24, 2.45) is 5.92 Å². The molecule has 0 aliphatic carbocycles. The molecule has 0 spiro atoms. The Hall–Kier alpha value is -0.900. The van der Waals surface area contributed by atoms with Crippen LogP contribution in [0.1, 0.15) is 38.4 Å². The van der Waals surface area contributed by atoms with E-state index in [1.807, 2.05) is 5.38 Å². The Bertz CT molecular complexity index is 355. The highest BCUT2D eigenvalue weighted by atomic mass is 32.1. The molecule has 0 saturated heterocycles. The molecule has 1 aromatic rings. The molecule has 0 radical (unpaired) electrons. The first-order valence-electron chi connectivity index (χ1n) is 5.00. The number of hydrogen-bond donors (Lipinski definition) is 1. The Morgan fingerprint density at radius 3 is 2.67 bits per heavy atom. The van der Waals surface area contributed by atoms with Crippen molar-refractivity contribution in [1.82, 2.24) is 4.98 Å². The minimum Gasteiger partial charge on any atom is -0.481 e. The van der Waals surface area contributed by atoms with Gasteiger partial charge in [0.1, 0.15) is 0 Å². The van der Waals surface area contributed by atoms with E-state index in [1.165, 1.54) is 0 Å². The van der Waals surface area contributed by atoms with Crippen LogP contribution in [0.15, 0.2) is 5.38 Å². The summed E-state index contributed by atoms with van der Waals surface area (Å²) in [6.45, 7) is 8.58. The highest BCUT2D eigenvalue weighted by molar-refractivity contribution is 7.09. The van der Waals surface area contributed by atoms with Gasteiger partial charge in [0.15, 0.2) is 0 Å². The first-order valence-corrected chi connectivity index (χ1v) is 5.88. The van der Waals surface area contributed by atoms with Gasteiger partial charge in [-0.05, 0) is 5.92 Å². The van der Waals surface area contributed by atoms with Gasteiger partial charge in [0.05, 0.1) is 17.1 Å². The molecule has 0 atom stereocenters. The standard InChI is InChI=1S/C11H17NO2S/c1-7(2)11(3,4)10-12-8(6-15-10)5-9(13)14/h6-7H,5H2,1-4H3,(H,13,14). The van der Waals surface area contributed by atoms with Crippen LogP contribution in [0, 0.1) is 5.92 Å². The molecule has 3 nitrogen and oxygen atoms in total. The van der Waals surface area contributed by atoms with Gasteiger partial charge in [-0.3, -0.25) is 4.79 Å². The quantitative estimate of drug-likeness (QED) is 0.860. The third kappa shape index (κ3) is 2.78. The summed E-state index contributed by atoms with van der Waals surface area (Å²) in [6.07, 6.45) is 0.0185. The van der Waals surface area contributed by atoms with Crippen molar-refractivity contribution in [1.29, 1.82) is 0 Å². The fraction of sp³-hybridized carbons (Fsp3) is 0.636. The van der Waals surface area contributed by atoms with Gasteiger partial charge in [0.25, 0.3) is 0 Å². The lowest BCUT2D eigenvalue weighted by atomic mass is 9.82. The Balaban J connectivity index is 2.88. The highest BCUT2D eigenvalue weighted by Crippen LogP contribution is 2.33. The molecule has 4 heteroatoms. The summed E-state index contributed by atoms with van der Waals surface area (Å²) in [5, 5.41) is 11.5. The zero-order valence-electron chi connectivity index (χ0n) is 9.57.